The number of aliphatic imine (C=N–C) groups is 1. The fraction of sp³-hybridized carbons (Fsp3) is 0.824. The predicted molar refractivity (Wildman–Crippen MR) is 95.8 cm³/mol. The van der Waals surface area contributed by atoms with Crippen molar-refractivity contribution in [2.75, 3.05) is 19.7 Å². The predicted octanol–water partition coefficient (Wildman–Crippen LogP) is 3.05. The van der Waals surface area contributed by atoms with Gasteiger partial charge in [-0.1, -0.05) is 31.8 Å². The molecule has 1 unspecified atom stereocenters. The van der Waals surface area contributed by atoms with Crippen molar-refractivity contribution >= 4 is 5.96 Å². The number of hydrogen-bond donors (Lipinski definition) is 2. The van der Waals surface area contributed by atoms with Crippen LogP contribution in [0.2, 0.25) is 0 Å². The summed E-state index contributed by atoms with van der Waals surface area (Å²) in [4.78, 5) is 8.82. The average Bonchev–Trinajstić information content (AvgIpc) is 3.01. The standard InChI is InChI=1S/C17H33N5O2/c1-6-18-17(19-11-9-8-10-13(3)4)20-12-15-21-16(22-24-15)14(5)23-7-2/h13-14H,6-12H2,1-5H3,(H2,18,19,20). The maximum absolute atomic E-state index is 5.45. The molecule has 0 aliphatic heterocycles. The SMILES string of the molecule is CCNC(=NCc1nc(C(C)OCC)no1)NCCCCC(C)C. The number of nitrogens with one attached hydrogen (secondary N) is 2. The Hall–Kier alpha value is -1.63. The molecule has 0 amide bonds. The van der Waals surface area contributed by atoms with Gasteiger partial charge in [0.25, 0.3) is 0 Å². The summed E-state index contributed by atoms with van der Waals surface area (Å²) in [5, 5.41) is 10.5. The lowest BCUT2D eigenvalue weighted by molar-refractivity contribution is 0.0683. The van der Waals surface area contributed by atoms with Crippen molar-refractivity contribution in [3.05, 3.63) is 11.7 Å². The van der Waals surface area contributed by atoms with Crippen LogP contribution < -0.4 is 10.6 Å². The van der Waals surface area contributed by atoms with Crippen molar-refractivity contribution in [3.8, 4) is 0 Å². The number of hydrogen-bond acceptors (Lipinski definition) is 5. The van der Waals surface area contributed by atoms with Gasteiger partial charge in [-0.05, 0) is 33.1 Å². The molecule has 0 saturated heterocycles. The van der Waals surface area contributed by atoms with E-state index in [2.05, 4.69) is 39.6 Å². The van der Waals surface area contributed by atoms with Crippen molar-refractivity contribution in [2.24, 2.45) is 10.9 Å². The fourth-order valence-electron chi connectivity index (χ4n) is 2.19. The van der Waals surface area contributed by atoms with Gasteiger partial charge in [0.2, 0.25) is 5.89 Å². The van der Waals surface area contributed by atoms with Crippen LogP contribution in [0.25, 0.3) is 0 Å². The minimum absolute atomic E-state index is 0.163. The molecule has 7 nitrogen and oxygen atoms in total. The Bertz CT molecular complexity index is 473. The number of rotatable bonds is 11. The molecule has 0 aliphatic carbocycles. The zero-order chi connectivity index (χ0) is 17.8. The Labute approximate surface area is 145 Å². The Kier molecular flexibility index (Phi) is 10.1. The van der Waals surface area contributed by atoms with Crippen LogP contribution in [0.15, 0.2) is 9.52 Å². The lowest BCUT2D eigenvalue weighted by atomic mass is 10.1. The Morgan fingerprint density at radius 1 is 1.21 bits per heavy atom. The monoisotopic (exact) mass is 339 g/mol. The zero-order valence-corrected chi connectivity index (χ0v) is 15.8. The fourth-order valence-corrected chi connectivity index (χ4v) is 2.19. The molecule has 0 radical (unpaired) electrons. The van der Waals surface area contributed by atoms with Gasteiger partial charge in [0.1, 0.15) is 12.6 Å². The topological polar surface area (TPSA) is 84.6 Å². The highest BCUT2D eigenvalue weighted by Crippen LogP contribution is 2.12. The first-order valence-corrected chi connectivity index (χ1v) is 9.03. The van der Waals surface area contributed by atoms with E-state index in [1.807, 2.05) is 20.8 Å². The maximum atomic E-state index is 5.45. The lowest BCUT2D eigenvalue weighted by Gasteiger charge is -2.11. The first-order chi connectivity index (χ1) is 11.6. The van der Waals surface area contributed by atoms with Crippen molar-refractivity contribution in [1.82, 2.24) is 20.8 Å². The van der Waals surface area contributed by atoms with Crippen LogP contribution in [0.1, 0.15) is 71.7 Å². The highest BCUT2D eigenvalue weighted by molar-refractivity contribution is 5.79. The van der Waals surface area contributed by atoms with Crippen LogP contribution in [0.4, 0.5) is 0 Å². The summed E-state index contributed by atoms with van der Waals surface area (Å²) >= 11 is 0. The number of aromatic nitrogens is 2. The maximum Gasteiger partial charge on any atom is 0.248 e. The first kappa shape index (κ1) is 20.4. The molecule has 24 heavy (non-hydrogen) atoms. The lowest BCUT2D eigenvalue weighted by Crippen LogP contribution is -2.37. The molecule has 1 atom stereocenters. The molecule has 0 bridgehead atoms. The molecular formula is C17H33N5O2. The van der Waals surface area contributed by atoms with E-state index in [1.54, 1.807) is 0 Å². The minimum atomic E-state index is -0.163. The van der Waals surface area contributed by atoms with E-state index in [1.165, 1.54) is 12.8 Å². The van der Waals surface area contributed by atoms with E-state index >= 15 is 0 Å². The summed E-state index contributed by atoms with van der Waals surface area (Å²) < 4.78 is 10.7. The molecule has 7 heteroatoms. The van der Waals surface area contributed by atoms with Gasteiger partial charge in [-0.3, -0.25) is 0 Å². The number of nitrogens with zero attached hydrogens (tertiary/aromatic N) is 3. The summed E-state index contributed by atoms with van der Waals surface area (Å²) in [5.74, 6) is 2.60. The van der Waals surface area contributed by atoms with Crippen LogP contribution in [0.5, 0.6) is 0 Å². The molecule has 1 aromatic rings. The summed E-state index contributed by atoms with van der Waals surface area (Å²) in [6.07, 6.45) is 3.47. The van der Waals surface area contributed by atoms with Gasteiger partial charge >= 0.3 is 0 Å². The van der Waals surface area contributed by atoms with Crippen LogP contribution in [-0.2, 0) is 11.3 Å². The van der Waals surface area contributed by atoms with Gasteiger partial charge in [-0.15, -0.1) is 0 Å². The number of ether oxygens (including phenoxy) is 1. The molecule has 138 valence electrons. The van der Waals surface area contributed by atoms with Gasteiger partial charge < -0.3 is 19.9 Å². The first-order valence-electron chi connectivity index (χ1n) is 9.03. The van der Waals surface area contributed by atoms with Gasteiger partial charge in [0.15, 0.2) is 11.8 Å². The molecule has 0 aliphatic rings. The van der Waals surface area contributed by atoms with Crippen molar-refractivity contribution < 1.29 is 9.26 Å². The Balaban J connectivity index is 2.44. The van der Waals surface area contributed by atoms with Crippen molar-refractivity contribution in [3.63, 3.8) is 0 Å². The smallest absolute Gasteiger partial charge is 0.248 e. The Morgan fingerprint density at radius 3 is 2.67 bits per heavy atom. The zero-order valence-electron chi connectivity index (χ0n) is 15.8. The van der Waals surface area contributed by atoms with Crippen LogP contribution in [0, 0.1) is 5.92 Å². The molecule has 1 rings (SSSR count). The molecule has 0 spiro atoms. The molecule has 1 heterocycles. The normalized spacial score (nSPS) is 13.3. The second-order valence-corrected chi connectivity index (χ2v) is 6.16. The van der Waals surface area contributed by atoms with E-state index in [0.29, 0.717) is 24.9 Å². The van der Waals surface area contributed by atoms with E-state index in [4.69, 9.17) is 9.26 Å². The largest absolute Gasteiger partial charge is 0.371 e. The summed E-state index contributed by atoms with van der Waals surface area (Å²) in [6.45, 7) is 13.1. The van der Waals surface area contributed by atoms with E-state index in [0.717, 1.165) is 31.4 Å². The third-order valence-electron chi connectivity index (χ3n) is 3.48. The molecule has 1 aromatic heterocycles. The van der Waals surface area contributed by atoms with Gasteiger partial charge in [0, 0.05) is 19.7 Å². The minimum Gasteiger partial charge on any atom is -0.371 e. The molecule has 0 aromatic carbocycles. The number of unbranched alkanes of at least 4 members (excludes halogenated alkanes) is 1. The highest BCUT2D eigenvalue weighted by Gasteiger charge is 2.13. The molecule has 0 saturated carbocycles. The second-order valence-electron chi connectivity index (χ2n) is 6.16. The van der Waals surface area contributed by atoms with Gasteiger partial charge in [0.05, 0.1) is 0 Å². The summed E-state index contributed by atoms with van der Waals surface area (Å²) in [5.41, 5.74) is 0. The Morgan fingerprint density at radius 2 is 2.00 bits per heavy atom. The highest BCUT2D eigenvalue weighted by atomic mass is 16.5. The number of guanidine groups is 1. The summed E-state index contributed by atoms with van der Waals surface area (Å²) in [6, 6.07) is 0. The van der Waals surface area contributed by atoms with Crippen LogP contribution in [-0.4, -0.2) is 35.8 Å². The molecule has 0 fully saturated rings. The molecular weight excluding hydrogens is 306 g/mol. The van der Waals surface area contributed by atoms with Gasteiger partial charge in [-0.2, -0.15) is 4.98 Å². The average molecular weight is 339 g/mol. The van der Waals surface area contributed by atoms with E-state index < -0.39 is 0 Å². The third-order valence-corrected chi connectivity index (χ3v) is 3.48. The quantitative estimate of drug-likeness (QED) is 0.366. The van der Waals surface area contributed by atoms with Crippen LogP contribution in [0.3, 0.4) is 0 Å². The van der Waals surface area contributed by atoms with E-state index in [9.17, 15) is 0 Å². The van der Waals surface area contributed by atoms with Crippen molar-refractivity contribution in [2.45, 2.75) is 66.5 Å². The second kappa shape index (κ2) is 11.8. The van der Waals surface area contributed by atoms with E-state index in [-0.39, 0.29) is 6.10 Å². The molecule has 2 N–H and O–H groups in total. The third kappa shape index (κ3) is 8.29. The summed E-state index contributed by atoms with van der Waals surface area (Å²) in [7, 11) is 0. The van der Waals surface area contributed by atoms with Crippen LogP contribution >= 0.6 is 0 Å². The van der Waals surface area contributed by atoms with Gasteiger partial charge in [-0.25, -0.2) is 4.99 Å². The van der Waals surface area contributed by atoms with Crippen molar-refractivity contribution in [1.29, 1.82) is 0 Å².